The predicted molar refractivity (Wildman–Crippen MR) is 145 cm³/mol. The zero-order valence-electron chi connectivity index (χ0n) is 19.6. The molecule has 0 spiro atoms. The van der Waals surface area contributed by atoms with E-state index in [1.165, 1.54) is 0 Å². The van der Waals surface area contributed by atoms with E-state index in [9.17, 15) is 10.1 Å². The number of pyridine rings is 1. The number of aryl methyl sites for hydroxylation is 1. The number of nitrogens with one attached hydrogen (secondary N) is 3. The summed E-state index contributed by atoms with van der Waals surface area (Å²) < 4.78 is 0. The highest BCUT2D eigenvalue weighted by molar-refractivity contribution is 6.05. The van der Waals surface area contributed by atoms with Gasteiger partial charge in [0.15, 0.2) is 0 Å². The Balaban J connectivity index is 1.37. The predicted octanol–water partition coefficient (Wildman–Crippen LogP) is 7.15. The Hall–Kier alpha value is -5.15. The van der Waals surface area contributed by atoms with Crippen LogP contribution in [0.1, 0.15) is 21.5 Å². The molecule has 0 aliphatic carbocycles. The second-order valence-corrected chi connectivity index (χ2v) is 8.44. The summed E-state index contributed by atoms with van der Waals surface area (Å²) in [6, 6.07) is 32.5. The number of anilines is 5. The molecule has 4 aromatic carbocycles. The summed E-state index contributed by atoms with van der Waals surface area (Å²) in [5.41, 5.74) is 6.97. The smallest absolute Gasteiger partial charge is 0.255 e. The van der Waals surface area contributed by atoms with Crippen LogP contribution >= 0.6 is 0 Å². The van der Waals surface area contributed by atoms with Crippen LogP contribution in [0.4, 0.5) is 28.4 Å². The number of carbonyl (C=O) groups excluding carboxylic acids is 1. The zero-order valence-corrected chi connectivity index (χ0v) is 19.6. The third kappa shape index (κ3) is 5.16. The van der Waals surface area contributed by atoms with Crippen molar-refractivity contribution >= 4 is 45.2 Å². The number of aromatic nitrogens is 1. The quantitative estimate of drug-likeness (QED) is 0.246. The summed E-state index contributed by atoms with van der Waals surface area (Å²) in [6.45, 7) is 1.95. The standard InChI is InChI=1S/C30H23N5O/c1-20-14-22(30(36)35-25-9-5-8-24(18-25)33-23-6-3-2-4-7-23)17-26(15-20)34-29-12-13-32-28-11-10-21(19-31)16-27(28)29/h2-18,33H,1H3,(H,32,34)(H,35,36). The number of para-hydroxylation sites is 1. The topological polar surface area (TPSA) is 89.8 Å². The minimum absolute atomic E-state index is 0.204. The van der Waals surface area contributed by atoms with Crippen LogP contribution in [0.5, 0.6) is 0 Å². The van der Waals surface area contributed by atoms with E-state index in [4.69, 9.17) is 0 Å². The van der Waals surface area contributed by atoms with E-state index in [1.807, 2.05) is 97.9 Å². The molecule has 0 saturated carbocycles. The fourth-order valence-electron chi connectivity index (χ4n) is 4.03. The fraction of sp³-hybridized carbons (Fsp3) is 0.0333. The van der Waals surface area contributed by atoms with Gasteiger partial charge in [0.05, 0.1) is 17.1 Å². The van der Waals surface area contributed by atoms with Gasteiger partial charge in [-0.25, -0.2) is 0 Å². The number of nitrogens with zero attached hydrogens (tertiary/aromatic N) is 2. The average Bonchev–Trinajstić information content (AvgIpc) is 2.89. The van der Waals surface area contributed by atoms with Gasteiger partial charge in [0, 0.05) is 45.6 Å². The third-order valence-electron chi connectivity index (χ3n) is 5.67. The molecule has 1 aromatic heterocycles. The van der Waals surface area contributed by atoms with Gasteiger partial charge in [-0.05, 0) is 85.3 Å². The lowest BCUT2D eigenvalue weighted by Crippen LogP contribution is -2.12. The number of carbonyl (C=O) groups is 1. The van der Waals surface area contributed by atoms with Crippen LogP contribution in [0, 0.1) is 18.3 Å². The highest BCUT2D eigenvalue weighted by Gasteiger charge is 2.11. The van der Waals surface area contributed by atoms with Crippen LogP contribution in [-0.2, 0) is 0 Å². The maximum absolute atomic E-state index is 13.1. The minimum Gasteiger partial charge on any atom is -0.355 e. The van der Waals surface area contributed by atoms with Crippen LogP contribution in [0.2, 0.25) is 0 Å². The van der Waals surface area contributed by atoms with Gasteiger partial charge in [-0.2, -0.15) is 5.26 Å². The van der Waals surface area contributed by atoms with Crippen LogP contribution < -0.4 is 16.0 Å². The van der Waals surface area contributed by atoms with Gasteiger partial charge in [-0.1, -0.05) is 24.3 Å². The first-order chi connectivity index (χ1) is 17.6. The van der Waals surface area contributed by atoms with Crippen molar-refractivity contribution in [2.75, 3.05) is 16.0 Å². The summed E-state index contributed by atoms with van der Waals surface area (Å²) in [6.07, 6.45) is 1.72. The number of hydrogen-bond donors (Lipinski definition) is 3. The van der Waals surface area contributed by atoms with Gasteiger partial charge in [0.2, 0.25) is 0 Å². The summed E-state index contributed by atoms with van der Waals surface area (Å²) in [5, 5.41) is 19.9. The Bertz CT molecular complexity index is 1610. The molecule has 0 aliphatic rings. The molecule has 0 atom stereocenters. The molecule has 0 saturated heterocycles. The van der Waals surface area contributed by atoms with Gasteiger partial charge in [0.25, 0.3) is 5.91 Å². The van der Waals surface area contributed by atoms with Crippen molar-refractivity contribution in [2.24, 2.45) is 0 Å². The largest absolute Gasteiger partial charge is 0.355 e. The highest BCUT2D eigenvalue weighted by atomic mass is 16.1. The average molecular weight is 470 g/mol. The first-order valence-electron chi connectivity index (χ1n) is 11.5. The Labute approximate surface area is 209 Å². The van der Waals surface area contributed by atoms with E-state index in [-0.39, 0.29) is 5.91 Å². The number of nitriles is 1. The molecule has 6 nitrogen and oxygen atoms in total. The zero-order chi connectivity index (χ0) is 24.9. The van der Waals surface area contributed by atoms with Gasteiger partial charge in [0.1, 0.15) is 0 Å². The third-order valence-corrected chi connectivity index (χ3v) is 5.67. The number of benzene rings is 4. The van der Waals surface area contributed by atoms with Crippen molar-refractivity contribution in [3.63, 3.8) is 0 Å². The molecule has 0 bridgehead atoms. The second-order valence-electron chi connectivity index (χ2n) is 8.44. The fourth-order valence-corrected chi connectivity index (χ4v) is 4.03. The van der Waals surface area contributed by atoms with Gasteiger partial charge < -0.3 is 16.0 Å². The van der Waals surface area contributed by atoms with Crippen LogP contribution in [0.3, 0.4) is 0 Å². The molecule has 1 amide bonds. The molecule has 36 heavy (non-hydrogen) atoms. The molecule has 1 heterocycles. The van der Waals surface area contributed by atoms with Crippen LogP contribution in [0.15, 0.2) is 103 Å². The molecular formula is C30H23N5O. The van der Waals surface area contributed by atoms with Gasteiger partial charge in [-0.3, -0.25) is 9.78 Å². The summed E-state index contributed by atoms with van der Waals surface area (Å²) in [4.78, 5) is 17.5. The molecule has 3 N–H and O–H groups in total. The van der Waals surface area contributed by atoms with Crippen molar-refractivity contribution in [3.8, 4) is 6.07 Å². The maximum atomic E-state index is 13.1. The van der Waals surface area contributed by atoms with Crippen LogP contribution in [-0.4, -0.2) is 10.9 Å². The number of fused-ring (bicyclic) bond motifs is 1. The lowest BCUT2D eigenvalue weighted by molar-refractivity contribution is 0.102. The molecule has 6 heteroatoms. The van der Waals surface area contributed by atoms with E-state index in [1.54, 1.807) is 12.3 Å². The first kappa shape index (κ1) is 22.6. The number of rotatable bonds is 6. The number of amides is 1. The summed E-state index contributed by atoms with van der Waals surface area (Å²) in [5.74, 6) is -0.204. The lowest BCUT2D eigenvalue weighted by Gasteiger charge is -2.13. The SMILES string of the molecule is Cc1cc(Nc2ccnc3ccc(C#N)cc23)cc(C(=O)Nc2cccc(Nc3ccccc3)c2)c1. The molecular weight excluding hydrogens is 446 g/mol. The Kier molecular flexibility index (Phi) is 6.29. The Morgan fingerprint density at radius 3 is 2.42 bits per heavy atom. The molecule has 0 radical (unpaired) electrons. The van der Waals surface area contributed by atoms with E-state index in [2.05, 4.69) is 27.0 Å². The van der Waals surface area contributed by atoms with E-state index in [0.717, 1.165) is 39.2 Å². The van der Waals surface area contributed by atoms with E-state index in [0.29, 0.717) is 16.8 Å². The van der Waals surface area contributed by atoms with Crippen molar-refractivity contribution in [1.29, 1.82) is 5.26 Å². The lowest BCUT2D eigenvalue weighted by atomic mass is 10.1. The summed E-state index contributed by atoms with van der Waals surface area (Å²) in [7, 11) is 0. The van der Waals surface area contributed by atoms with E-state index >= 15 is 0 Å². The molecule has 174 valence electrons. The highest BCUT2D eigenvalue weighted by Crippen LogP contribution is 2.28. The van der Waals surface area contributed by atoms with Crippen LogP contribution in [0.25, 0.3) is 10.9 Å². The summed E-state index contributed by atoms with van der Waals surface area (Å²) >= 11 is 0. The first-order valence-corrected chi connectivity index (χ1v) is 11.5. The van der Waals surface area contributed by atoms with Gasteiger partial charge in [-0.15, -0.1) is 0 Å². The van der Waals surface area contributed by atoms with Crippen molar-refractivity contribution < 1.29 is 4.79 Å². The molecule has 0 aliphatic heterocycles. The molecule has 0 unspecified atom stereocenters. The molecule has 5 aromatic rings. The maximum Gasteiger partial charge on any atom is 0.255 e. The van der Waals surface area contributed by atoms with Crippen molar-refractivity contribution in [3.05, 3.63) is 120 Å². The van der Waals surface area contributed by atoms with Gasteiger partial charge >= 0.3 is 0 Å². The molecule has 0 fully saturated rings. The normalized spacial score (nSPS) is 10.4. The second kappa shape index (κ2) is 10.00. The monoisotopic (exact) mass is 469 g/mol. The Morgan fingerprint density at radius 2 is 1.58 bits per heavy atom. The Morgan fingerprint density at radius 1 is 0.778 bits per heavy atom. The number of hydrogen-bond acceptors (Lipinski definition) is 5. The van der Waals surface area contributed by atoms with Crippen molar-refractivity contribution in [2.45, 2.75) is 6.92 Å². The van der Waals surface area contributed by atoms with E-state index < -0.39 is 0 Å². The molecule has 5 rings (SSSR count). The minimum atomic E-state index is -0.204. The van der Waals surface area contributed by atoms with Crippen molar-refractivity contribution in [1.82, 2.24) is 4.98 Å².